The average molecular weight is 277 g/mol. The highest BCUT2D eigenvalue weighted by Crippen LogP contribution is 2.14. The minimum atomic E-state index is -0.544. The summed E-state index contributed by atoms with van der Waals surface area (Å²) in [5.41, 5.74) is 0.601. The third-order valence-electron chi connectivity index (χ3n) is 3.24. The lowest BCUT2D eigenvalue weighted by atomic mass is 10.1. The van der Waals surface area contributed by atoms with Crippen LogP contribution in [0.25, 0.3) is 0 Å². The highest BCUT2D eigenvalue weighted by molar-refractivity contribution is 5.94. The van der Waals surface area contributed by atoms with Crippen LogP contribution in [0.1, 0.15) is 42.6 Å². The summed E-state index contributed by atoms with van der Waals surface area (Å²) in [6, 6.07) is 4.28. The van der Waals surface area contributed by atoms with Crippen molar-refractivity contribution >= 4 is 5.91 Å². The van der Waals surface area contributed by atoms with Crippen LogP contribution >= 0.6 is 0 Å². The number of halogens is 1. The Labute approximate surface area is 119 Å². The van der Waals surface area contributed by atoms with Gasteiger partial charge in [-0.05, 0) is 31.5 Å². The number of aliphatic hydroxyl groups is 1. The van der Waals surface area contributed by atoms with Gasteiger partial charge >= 0.3 is 0 Å². The number of carbonyl (C=O) groups is 1. The fraction of sp³-hybridized carbons (Fsp3) is 0.438. The lowest BCUT2D eigenvalue weighted by molar-refractivity contribution is 0.0736. The van der Waals surface area contributed by atoms with E-state index in [2.05, 4.69) is 11.8 Å². The van der Waals surface area contributed by atoms with Gasteiger partial charge in [-0.1, -0.05) is 18.8 Å². The molecule has 1 aromatic carbocycles. The summed E-state index contributed by atoms with van der Waals surface area (Å²) in [7, 11) is 1.67. The number of amides is 1. The van der Waals surface area contributed by atoms with Crippen molar-refractivity contribution < 1.29 is 14.3 Å². The number of benzene rings is 1. The number of nitrogens with zero attached hydrogens (tertiary/aromatic N) is 1. The Morgan fingerprint density at radius 1 is 1.50 bits per heavy atom. The maximum absolute atomic E-state index is 13.8. The van der Waals surface area contributed by atoms with E-state index in [1.165, 1.54) is 23.1 Å². The molecule has 0 aliphatic heterocycles. The highest BCUT2D eigenvalue weighted by Gasteiger charge is 2.19. The van der Waals surface area contributed by atoms with E-state index in [0.29, 0.717) is 12.0 Å². The van der Waals surface area contributed by atoms with Crippen LogP contribution in [0.5, 0.6) is 0 Å². The van der Waals surface area contributed by atoms with Crippen molar-refractivity contribution in [3.8, 4) is 11.8 Å². The van der Waals surface area contributed by atoms with E-state index in [9.17, 15) is 9.18 Å². The van der Waals surface area contributed by atoms with E-state index in [1.54, 1.807) is 7.05 Å². The molecule has 1 aromatic rings. The first-order valence-corrected chi connectivity index (χ1v) is 6.67. The molecule has 1 rings (SSSR count). The third-order valence-corrected chi connectivity index (χ3v) is 3.24. The van der Waals surface area contributed by atoms with Gasteiger partial charge in [0, 0.05) is 25.1 Å². The minimum Gasteiger partial charge on any atom is -0.395 e. The van der Waals surface area contributed by atoms with E-state index in [1.807, 2.05) is 13.8 Å². The van der Waals surface area contributed by atoms with E-state index in [-0.39, 0.29) is 24.1 Å². The Morgan fingerprint density at radius 2 is 2.20 bits per heavy atom. The standard InChI is InChI=1S/C16H20FNO2/c1-4-12(2)18(3)16(20)14-11-13(7-5-6-10-19)8-9-15(14)17/h8-9,11-12,19H,4,6,10H2,1-3H3. The molecule has 1 unspecified atom stereocenters. The van der Waals surface area contributed by atoms with Crippen LogP contribution in [0.3, 0.4) is 0 Å². The van der Waals surface area contributed by atoms with Gasteiger partial charge in [-0.15, -0.1) is 0 Å². The fourth-order valence-electron chi connectivity index (χ4n) is 1.65. The molecule has 20 heavy (non-hydrogen) atoms. The van der Waals surface area contributed by atoms with Crippen molar-refractivity contribution in [2.75, 3.05) is 13.7 Å². The number of hydrogen-bond donors (Lipinski definition) is 1. The summed E-state index contributed by atoms with van der Waals surface area (Å²) >= 11 is 0. The van der Waals surface area contributed by atoms with Gasteiger partial charge in [0.05, 0.1) is 12.2 Å². The smallest absolute Gasteiger partial charge is 0.256 e. The zero-order chi connectivity index (χ0) is 15.1. The van der Waals surface area contributed by atoms with Crippen molar-refractivity contribution in [3.63, 3.8) is 0 Å². The molecule has 0 radical (unpaired) electrons. The Bertz CT molecular complexity index is 531. The summed E-state index contributed by atoms with van der Waals surface area (Å²) in [6.45, 7) is 3.87. The molecule has 0 aliphatic rings. The van der Waals surface area contributed by atoms with Crippen molar-refractivity contribution in [2.24, 2.45) is 0 Å². The number of rotatable bonds is 4. The summed E-state index contributed by atoms with van der Waals surface area (Å²) < 4.78 is 13.8. The quantitative estimate of drug-likeness (QED) is 0.859. The predicted molar refractivity (Wildman–Crippen MR) is 76.8 cm³/mol. The maximum atomic E-state index is 13.8. The summed E-state index contributed by atoms with van der Waals surface area (Å²) in [5.74, 6) is 4.67. The second-order valence-corrected chi connectivity index (χ2v) is 4.64. The zero-order valence-corrected chi connectivity index (χ0v) is 12.1. The molecule has 4 heteroatoms. The summed E-state index contributed by atoms with van der Waals surface area (Å²) in [6.07, 6.45) is 1.16. The van der Waals surface area contributed by atoms with Gasteiger partial charge in [-0.25, -0.2) is 4.39 Å². The normalized spacial score (nSPS) is 11.4. The van der Waals surface area contributed by atoms with Gasteiger partial charge in [0.15, 0.2) is 0 Å². The first-order valence-electron chi connectivity index (χ1n) is 6.67. The van der Waals surface area contributed by atoms with Gasteiger partial charge in [-0.2, -0.15) is 0 Å². The van der Waals surface area contributed by atoms with Crippen molar-refractivity contribution in [3.05, 3.63) is 35.1 Å². The van der Waals surface area contributed by atoms with Crippen LogP contribution in [0, 0.1) is 17.7 Å². The molecule has 0 aromatic heterocycles. The van der Waals surface area contributed by atoms with Gasteiger partial charge in [-0.3, -0.25) is 4.79 Å². The van der Waals surface area contributed by atoms with Gasteiger partial charge in [0.1, 0.15) is 5.82 Å². The van der Waals surface area contributed by atoms with Crippen molar-refractivity contribution in [2.45, 2.75) is 32.7 Å². The van der Waals surface area contributed by atoms with Crippen LogP contribution in [-0.4, -0.2) is 35.6 Å². The second kappa shape index (κ2) is 7.66. The van der Waals surface area contributed by atoms with Crippen LogP contribution in [-0.2, 0) is 0 Å². The van der Waals surface area contributed by atoms with Gasteiger partial charge in [0.25, 0.3) is 5.91 Å². The topological polar surface area (TPSA) is 40.5 Å². The molecule has 1 amide bonds. The fourth-order valence-corrected chi connectivity index (χ4v) is 1.65. The number of hydrogen-bond acceptors (Lipinski definition) is 2. The first-order chi connectivity index (χ1) is 9.51. The molecule has 0 heterocycles. The number of carbonyl (C=O) groups excluding carboxylic acids is 1. The van der Waals surface area contributed by atoms with E-state index < -0.39 is 5.82 Å². The summed E-state index contributed by atoms with van der Waals surface area (Å²) in [5, 5.41) is 8.67. The average Bonchev–Trinajstić information content (AvgIpc) is 2.46. The van der Waals surface area contributed by atoms with Crippen LogP contribution in [0.15, 0.2) is 18.2 Å². The Kier molecular flexibility index (Phi) is 6.20. The molecule has 3 nitrogen and oxygen atoms in total. The van der Waals surface area contributed by atoms with Crippen LogP contribution in [0.4, 0.5) is 4.39 Å². The molecule has 108 valence electrons. The molecule has 1 N–H and O–H groups in total. The molecule has 0 spiro atoms. The zero-order valence-electron chi connectivity index (χ0n) is 12.1. The molecule has 0 bridgehead atoms. The van der Waals surface area contributed by atoms with Crippen LogP contribution < -0.4 is 0 Å². The van der Waals surface area contributed by atoms with E-state index >= 15 is 0 Å². The molecule has 0 fully saturated rings. The molecule has 0 aliphatic carbocycles. The third kappa shape index (κ3) is 4.07. The van der Waals surface area contributed by atoms with Gasteiger partial charge < -0.3 is 10.0 Å². The van der Waals surface area contributed by atoms with Crippen molar-refractivity contribution in [1.29, 1.82) is 0 Å². The number of aliphatic hydroxyl groups excluding tert-OH is 1. The van der Waals surface area contributed by atoms with Crippen molar-refractivity contribution in [1.82, 2.24) is 4.90 Å². The Hall–Kier alpha value is -1.86. The van der Waals surface area contributed by atoms with E-state index in [4.69, 9.17) is 5.11 Å². The first kappa shape index (κ1) is 16.2. The van der Waals surface area contributed by atoms with Gasteiger partial charge in [0.2, 0.25) is 0 Å². The molecule has 1 atom stereocenters. The second-order valence-electron chi connectivity index (χ2n) is 4.64. The SMILES string of the molecule is CCC(C)N(C)C(=O)c1cc(C#CCCO)ccc1F. The minimum absolute atomic E-state index is 0.0171. The molecule has 0 saturated heterocycles. The summed E-state index contributed by atoms with van der Waals surface area (Å²) in [4.78, 5) is 13.8. The lowest BCUT2D eigenvalue weighted by Gasteiger charge is -2.24. The predicted octanol–water partition coefficient (Wildman–Crippen LogP) is 2.43. The molecule has 0 saturated carbocycles. The van der Waals surface area contributed by atoms with E-state index in [0.717, 1.165) is 6.42 Å². The molecular weight excluding hydrogens is 257 g/mol. The monoisotopic (exact) mass is 277 g/mol. The lowest BCUT2D eigenvalue weighted by Crippen LogP contribution is -2.35. The molecular formula is C16H20FNO2. The van der Waals surface area contributed by atoms with Crippen LogP contribution in [0.2, 0.25) is 0 Å². The highest BCUT2D eigenvalue weighted by atomic mass is 19.1. The largest absolute Gasteiger partial charge is 0.395 e. The Balaban J connectivity index is 3.03. The maximum Gasteiger partial charge on any atom is 0.256 e. The Morgan fingerprint density at radius 3 is 2.80 bits per heavy atom.